The molecule has 2 aromatic carbocycles. The zero-order valence-corrected chi connectivity index (χ0v) is 22.7. The van der Waals surface area contributed by atoms with Gasteiger partial charge in [-0.25, -0.2) is 9.59 Å². The molecule has 1 saturated heterocycles. The van der Waals surface area contributed by atoms with Gasteiger partial charge >= 0.3 is 12.1 Å². The smallest absolute Gasteiger partial charge is 0.408 e. The molecule has 1 aromatic heterocycles. The number of urea groups is 1. The lowest BCUT2D eigenvalue weighted by Crippen LogP contribution is -2.52. The Balaban J connectivity index is 1.32. The van der Waals surface area contributed by atoms with E-state index in [2.05, 4.69) is 16.0 Å². The van der Waals surface area contributed by atoms with Crippen LogP contribution >= 0.6 is 0 Å². The second kappa shape index (κ2) is 9.00. The normalized spacial score (nSPS) is 21.8. The molecule has 2 unspecified atom stereocenters. The van der Waals surface area contributed by atoms with Gasteiger partial charge in [0, 0.05) is 17.5 Å². The first-order valence-corrected chi connectivity index (χ1v) is 13.1. The van der Waals surface area contributed by atoms with Crippen LogP contribution in [0.1, 0.15) is 66.0 Å². The Morgan fingerprint density at radius 2 is 1.95 bits per heavy atom. The lowest BCUT2D eigenvalue weighted by Gasteiger charge is -2.29. The third kappa shape index (κ3) is 4.31. The van der Waals surface area contributed by atoms with Gasteiger partial charge in [-0.05, 0) is 80.6 Å². The Hall–Kier alpha value is -4.54. The van der Waals surface area contributed by atoms with Crippen molar-refractivity contribution in [3.8, 4) is 5.75 Å². The molecular formula is C29H30N4O7. The maximum absolute atomic E-state index is 13.3. The van der Waals surface area contributed by atoms with Crippen LogP contribution in [0.4, 0.5) is 9.59 Å². The summed E-state index contributed by atoms with van der Waals surface area (Å²) in [7, 11) is 1.53. The molecule has 0 saturated carbocycles. The highest BCUT2D eigenvalue weighted by atomic mass is 16.6. The van der Waals surface area contributed by atoms with Gasteiger partial charge in [-0.15, -0.1) is 0 Å². The summed E-state index contributed by atoms with van der Waals surface area (Å²) in [4.78, 5) is 52.8. The summed E-state index contributed by atoms with van der Waals surface area (Å²) in [5, 5.41) is 8.70. The van der Waals surface area contributed by atoms with Crippen LogP contribution in [0.15, 0.2) is 40.8 Å². The van der Waals surface area contributed by atoms with Gasteiger partial charge in [-0.2, -0.15) is 0 Å². The minimum atomic E-state index is -1.61. The highest BCUT2D eigenvalue weighted by molar-refractivity contribution is 6.08. The number of ether oxygens (including phenoxy) is 2. The van der Waals surface area contributed by atoms with Crippen molar-refractivity contribution in [2.75, 3.05) is 13.7 Å². The monoisotopic (exact) mass is 546 g/mol. The second-order valence-electron chi connectivity index (χ2n) is 11.4. The van der Waals surface area contributed by atoms with Crippen LogP contribution in [0.3, 0.4) is 0 Å². The number of methoxy groups -OCH3 is 1. The molecule has 1 aliphatic carbocycles. The number of furan rings is 1. The van der Waals surface area contributed by atoms with Crippen molar-refractivity contribution in [2.24, 2.45) is 0 Å². The Kier molecular flexibility index (Phi) is 5.79. The van der Waals surface area contributed by atoms with E-state index >= 15 is 0 Å². The van der Waals surface area contributed by atoms with Gasteiger partial charge in [0.1, 0.15) is 22.7 Å². The molecule has 208 valence electrons. The van der Waals surface area contributed by atoms with Gasteiger partial charge in [-0.1, -0.05) is 6.07 Å². The van der Waals surface area contributed by atoms with E-state index in [0.29, 0.717) is 16.9 Å². The molecule has 3 aliphatic rings. The van der Waals surface area contributed by atoms with E-state index in [1.54, 1.807) is 18.2 Å². The van der Waals surface area contributed by atoms with Crippen molar-refractivity contribution in [3.63, 3.8) is 0 Å². The number of carbonyl (C=O) groups excluding carboxylic acids is 4. The molecule has 0 spiro atoms. The molecule has 0 radical (unpaired) electrons. The van der Waals surface area contributed by atoms with Gasteiger partial charge in [0.05, 0.1) is 19.7 Å². The SMILES string of the molecule is COc1ccc2c(c1)C(=O)N(CC1(c3cc4cc5c(cc4o3)C(NC(=O)OC(C)(C)C)CC5)NC(=O)NC1=O)C2. The summed E-state index contributed by atoms with van der Waals surface area (Å²) < 4.78 is 16.9. The van der Waals surface area contributed by atoms with E-state index in [9.17, 15) is 19.2 Å². The van der Waals surface area contributed by atoms with Crippen LogP contribution < -0.4 is 20.7 Å². The first-order valence-electron chi connectivity index (χ1n) is 13.1. The van der Waals surface area contributed by atoms with Crippen molar-refractivity contribution >= 4 is 34.9 Å². The molecule has 5 amide bonds. The highest BCUT2D eigenvalue weighted by Crippen LogP contribution is 2.39. The first-order chi connectivity index (χ1) is 19.0. The lowest BCUT2D eigenvalue weighted by molar-refractivity contribution is -0.125. The lowest BCUT2D eigenvalue weighted by atomic mass is 9.95. The highest BCUT2D eigenvalue weighted by Gasteiger charge is 2.53. The molecule has 3 heterocycles. The molecule has 11 heteroatoms. The van der Waals surface area contributed by atoms with Crippen molar-refractivity contribution in [1.29, 1.82) is 0 Å². The van der Waals surface area contributed by atoms with E-state index < -0.39 is 29.2 Å². The van der Waals surface area contributed by atoms with Crippen LogP contribution in [-0.2, 0) is 28.0 Å². The zero-order valence-electron chi connectivity index (χ0n) is 22.7. The second-order valence-corrected chi connectivity index (χ2v) is 11.4. The van der Waals surface area contributed by atoms with E-state index in [-0.39, 0.29) is 30.8 Å². The van der Waals surface area contributed by atoms with Crippen LogP contribution in [0.25, 0.3) is 11.0 Å². The summed E-state index contributed by atoms with van der Waals surface area (Å²) in [5.41, 5.74) is 1.52. The van der Waals surface area contributed by atoms with Gasteiger partial charge in [0.2, 0.25) is 0 Å². The Morgan fingerprint density at radius 3 is 2.65 bits per heavy atom. The Morgan fingerprint density at radius 1 is 1.15 bits per heavy atom. The Labute approximate surface area is 230 Å². The van der Waals surface area contributed by atoms with Crippen molar-refractivity contribution in [3.05, 3.63) is 64.4 Å². The molecule has 11 nitrogen and oxygen atoms in total. The fourth-order valence-electron chi connectivity index (χ4n) is 5.69. The van der Waals surface area contributed by atoms with Crippen molar-refractivity contribution < 1.29 is 33.1 Å². The van der Waals surface area contributed by atoms with Crippen molar-refractivity contribution in [1.82, 2.24) is 20.9 Å². The summed E-state index contributed by atoms with van der Waals surface area (Å²) in [6.07, 6.45) is 0.973. The third-order valence-electron chi connectivity index (χ3n) is 7.53. The number of hydrogen-bond acceptors (Lipinski definition) is 7. The predicted molar refractivity (Wildman–Crippen MR) is 143 cm³/mol. The number of fused-ring (bicyclic) bond motifs is 3. The van der Waals surface area contributed by atoms with E-state index in [4.69, 9.17) is 13.9 Å². The number of rotatable bonds is 5. The minimum absolute atomic E-state index is 0.122. The Bertz CT molecular complexity index is 1590. The molecule has 3 aromatic rings. The van der Waals surface area contributed by atoms with Crippen LogP contribution in [-0.4, -0.2) is 48.1 Å². The van der Waals surface area contributed by atoms with Gasteiger partial charge in [0.25, 0.3) is 11.8 Å². The van der Waals surface area contributed by atoms with E-state index in [0.717, 1.165) is 34.9 Å². The van der Waals surface area contributed by atoms with Gasteiger partial charge in [-0.3, -0.25) is 14.9 Å². The molecule has 1 fully saturated rings. The quantitative estimate of drug-likeness (QED) is 0.415. The van der Waals surface area contributed by atoms with Crippen LogP contribution in [0.5, 0.6) is 5.75 Å². The molecule has 2 atom stereocenters. The zero-order chi connectivity index (χ0) is 28.4. The average Bonchev–Trinajstić information content (AvgIpc) is 3.62. The van der Waals surface area contributed by atoms with Gasteiger partial charge in [0.15, 0.2) is 5.54 Å². The van der Waals surface area contributed by atoms with E-state index in [1.165, 1.54) is 12.0 Å². The number of carbonyl (C=O) groups is 4. The fraction of sp³-hybridized carbons (Fsp3) is 0.379. The standard InChI is InChI=1S/C29H30N4O7/c1-28(2,3)40-27(37)30-21-8-6-15-9-17-10-23(39-22(17)12-19(15)21)29(25(35)31-26(36)32-29)14-33-13-16-5-7-18(38-4)11-20(16)24(33)34/h5,7,9-12,21H,6,8,13-14H2,1-4H3,(H,30,37)(H2,31,32,35,36). The number of amides is 5. The molecule has 6 rings (SSSR count). The molecule has 0 bridgehead atoms. The molecular weight excluding hydrogens is 516 g/mol. The van der Waals surface area contributed by atoms with E-state index in [1.807, 2.05) is 39.0 Å². The van der Waals surface area contributed by atoms with Crippen LogP contribution in [0, 0.1) is 0 Å². The average molecular weight is 547 g/mol. The largest absolute Gasteiger partial charge is 0.497 e. The number of nitrogens with zero attached hydrogens (tertiary/aromatic N) is 1. The number of nitrogens with one attached hydrogen (secondary N) is 3. The van der Waals surface area contributed by atoms with Crippen molar-refractivity contribution in [2.45, 2.75) is 57.3 Å². The first kappa shape index (κ1) is 25.7. The maximum Gasteiger partial charge on any atom is 0.408 e. The van der Waals surface area contributed by atoms with Crippen LogP contribution in [0.2, 0.25) is 0 Å². The number of imide groups is 1. The van der Waals surface area contributed by atoms with Gasteiger partial charge < -0.3 is 29.4 Å². The minimum Gasteiger partial charge on any atom is -0.497 e. The number of benzene rings is 2. The molecule has 3 N–H and O–H groups in total. The molecule has 2 aliphatic heterocycles. The number of aryl methyl sites for hydroxylation is 1. The third-order valence-corrected chi connectivity index (χ3v) is 7.53. The predicted octanol–water partition coefficient (Wildman–Crippen LogP) is 3.64. The summed E-state index contributed by atoms with van der Waals surface area (Å²) in [6, 6.07) is 9.91. The fourth-order valence-corrected chi connectivity index (χ4v) is 5.69. The number of hydrogen-bond donors (Lipinski definition) is 3. The maximum atomic E-state index is 13.3. The number of alkyl carbamates (subject to hydrolysis) is 1. The summed E-state index contributed by atoms with van der Waals surface area (Å²) in [6.45, 7) is 5.57. The topological polar surface area (TPSA) is 139 Å². The summed E-state index contributed by atoms with van der Waals surface area (Å²) >= 11 is 0. The molecule has 40 heavy (non-hydrogen) atoms. The summed E-state index contributed by atoms with van der Waals surface area (Å²) in [5.74, 6) is -0.101.